The average molecular weight is 453 g/mol. The molecule has 0 saturated carbocycles. The fraction of sp³-hybridized carbons (Fsp3) is 0.125. The minimum Gasteiger partial charge on any atom is -0.494 e. The number of aryl methyl sites for hydroxylation is 1. The Bertz CT molecular complexity index is 1430. The highest BCUT2D eigenvalue weighted by Gasteiger charge is 2.35. The van der Waals surface area contributed by atoms with Gasteiger partial charge < -0.3 is 10.1 Å². The Morgan fingerprint density at radius 3 is 2.45 bits per heavy atom. The van der Waals surface area contributed by atoms with Crippen molar-refractivity contribution < 1.29 is 22.7 Å². The molecule has 0 aliphatic carbocycles. The van der Waals surface area contributed by atoms with Crippen LogP contribution in [0.15, 0.2) is 71.5 Å². The predicted octanol–water partition coefficient (Wildman–Crippen LogP) is 4.97. The van der Waals surface area contributed by atoms with Crippen LogP contribution in [0.2, 0.25) is 0 Å². The van der Waals surface area contributed by atoms with Gasteiger partial charge >= 0.3 is 6.18 Å². The molecule has 6 nitrogen and oxygen atoms in total. The third-order valence-electron chi connectivity index (χ3n) is 5.11. The third-order valence-corrected chi connectivity index (χ3v) is 5.11. The van der Waals surface area contributed by atoms with Crippen LogP contribution in [0.3, 0.4) is 0 Å². The summed E-state index contributed by atoms with van der Waals surface area (Å²) in [4.78, 5) is 30.1. The molecule has 4 aromatic rings. The van der Waals surface area contributed by atoms with E-state index in [2.05, 4.69) is 10.3 Å². The highest BCUT2D eigenvalue weighted by atomic mass is 19.4. The lowest BCUT2D eigenvalue weighted by Gasteiger charge is -2.16. The molecule has 0 fully saturated rings. The van der Waals surface area contributed by atoms with Crippen molar-refractivity contribution >= 4 is 22.5 Å². The largest absolute Gasteiger partial charge is 0.494 e. The maximum absolute atomic E-state index is 13.3. The third kappa shape index (κ3) is 4.17. The molecule has 33 heavy (non-hydrogen) atoms. The standard InChI is InChI=1S/C24H18F3N3O3/c1-14-28-19-10-6-4-8-17(19)23(32)30(14)15-11-12-20(21(13-15)33-2)29-22(31)16-7-3-5-9-18(16)24(25,26)27/h3-13H,1-2H3,(H,29,31). The summed E-state index contributed by atoms with van der Waals surface area (Å²) >= 11 is 0. The summed E-state index contributed by atoms with van der Waals surface area (Å²) in [7, 11) is 1.35. The number of halogens is 3. The number of hydrogen-bond acceptors (Lipinski definition) is 4. The average Bonchev–Trinajstić information content (AvgIpc) is 2.79. The van der Waals surface area contributed by atoms with Crippen LogP contribution in [0.5, 0.6) is 5.75 Å². The molecule has 1 aromatic heterocycles. The zero-order valence-electron chi connectivity index (χ0n) is 17.6. The molecule has 1 heterocycles. The minimum atomic E-state index is -4.68. The number of fused-ring (bicyclic) bond motifs is 1. The molecule has 0 spiro atoms. The highest BCUT2D eigenvalue weighted by molar-refractivity contribution is 6.06. The Kier molecular flexibility index (Phi) is 5.63. The van der Waals surface area contributed by atoms with E-state index in [0.717, 1.165) is 12.1 Å². The number of aromatic nitrogens is 2. The topological polar surface area (TPSA) is 73.2 Å². The smallest absolute Gasteiger partial charge is 0.417 e. The van der Waals surface area contributed by atoms with E-state index < -0.39 is 23.2 Å². The minimum absolute atomic E-state index is 0.155. The van der Waals surface area contributed by atoms with Gasteiger partial charge in [0.2, 0.25) is 0 Å². The van der Waals surface area contributed by atoms with Gasteiger partial charge in [0, 0.05) is 6.07 Å². The van der Waals surface area contributed by atoms with E-state index in [9.17, 15) is 22.8 Å². The van der Waals surface area contributed by atoms with Gasteiger partial charge in [-0.1, -0.05) is 24.3 Å². The van der Waals surface area contributed by atoms with Gasteiger partial charge in [-0.05, 0) is 43.3 Å². The Balaban J connectivity index is 1.73. The molecule has 168 valence electrons. The number of para-hydroxylation sites is 1. The van der Waals surface area contributed by atoms with Crippen LogP contribution in [0.25, 0.3) is 16.6 Å². The highest BCUT2D eigenvalue weighted by Crippen LogP contribution is 2.33. The maximum Gasteiger partial charge on any atom is 0.417 e. The first kappa shape index (κ1) is 22.1. The Morgan fingerprint density at radius 2 is 1.73 bits per heavy atom. The molecular weight excluding hydrogens is 435 g/mol. The van der Waals surface area contributed by atoms with E-state index in [1.54, 1.807) is 37.3 Å². The van der Waals surface area contributed by atoms with E-state index in [0.29, 0.717) is 22.4 Å². The van der Waals surface area contributed by atoms with Crippen LogP contribution < -0.4 is 15.6 Å². The fourth-order valence-corrected chi connectivity index (χ4v) is 3.59. The number of hydrogen-bond donors (Lipinski definition) is 1. The molecule has 1 N–H and O–H groups in total. The van der Waals surface area contributed by atoms with Crippen LogP contribution in [0, 0.1) is 6.92 Å². The SMILES string of the molecule is COc1cc(-n2c(C)nc3ccccc3c2=O)ccc1NC(=O)c1ccccc1C(F)(F)F. The number of ether oxygens (including phenoxy) is 1. The molecule has 4 rings (SSSR count). The van der Waals surface area contributed by atoms with Gasteiger partial charge in [-0.25, -0.2) is 4.98 Å². The van der Waals surface area contributed by atoms with E-state index in [-0.39, 0.29) is 17.0 Å². The fourth-order valence-electron chi connectivity index (χ4n) is 3.59. The van der Waals surface area contributed by atoms with Crippen LogP contribution in [0.4, 0.5) is 18.9 Å². The first-order chi connectivity index (χ1) is 15.7. The molecule has 9 heteroatoms. The zero-order valence-corrected chi connectivity index (χ0v) is 17.6. The molecular formula is C24H18F3N3O3. The predicted molar refractivity (Wildman–Crippen MR) is 118 cm³/mol. The van der Waals surface area contributed by atoms with Crippen LogP contribution in [-0.2, 0) is 6.18 Å². The summed E-state index contributed by atoms with van der Waals surface area (Å²) in [5, 5.41) is 2.89. The summed E-state index contributed by atoms with van der Waals surface area (Å²) in [5.74, 6) is -0.323. The molecule has 0 saturated heterocycles. The number of benzene rings is 3. The monoisotopic (exact) mass is 453 g/mol. The molecule has 0 aliphatic rings. The van der Waals surface area contributed by atoms with Crippen molar-refractivity contribution in [3.63, 3.8) is 0 Å². The number of carbonyl (C=O) groups excluding carboxylic acids is 1. The summed E-state index contributed by atoms with van der Waals surface area (Å²) in [5.41, 5.74) is -0.681. The summed E-state index contributed by atoms with van der Waals surface area (Å²) in [6.45, 7) is 1.68. The summed E-state index contributed by atoms with van der Waals surface area (Å²) < 4.78 is 46.6. The number of anilines is 1. The molecule has 3 aromatic carbocycles. The number of nitrogens with one attached hydrogen (secondary N) is 1. The van der Waals surface area contributed by atoms with Crippen molar-refractivity contribution in [2.45, 2.75) is 13.1 Å². The molecule has 0 bridgehead atoms. The zero-order chi connectivity index (χ0) is 23.8. The molecule has 0 unspecified atom stereocenters. The number of alkyl halides is 3. The van der Waals surface area contributed by atoms with Gasteiger partial charge in [0.15, 0.2) is 0 Å². The van der Waals surface area contributed by atoms with E-state index >= 15 is 0 Å². The lowest BCUT2D eigenvalue weighted by molar-refractivity contribution is -0.137. The lowest BCUT2D eigenvalue weighted by atomic mass is 10.1. The summed E-state index contributed by atoms with van der Waals surface area (Å²) in [6, 6.07) is 16.0. The first-order valence-corrected chi connectivity index (χ1v) is 9.85. The Morgan fingerprint density at radius 1 is 1.03 bits per heavy atom. The van der Waals surface area contributed by atoms with Crippen molar-refractivity contribution in [2.75, 3.05) is 12.4 Å². The van der Waals surface area contributed by atoms with Crippen molar-refractivity contribution in [3.05, 3.63) is 94.0 Å². The lowest BCUT2D eigenvalue weighted by Crippen LogP contribution is -2.22. The van der Waals surface area contributed by atoms with Crippen LogP contribution >= 0.6 is 0 Å². The summed E-state index contributed by atoms with van der Waals surface area (Å²) in [6.07, 6.45) is -4.68. The Hall–Kier alpha value is -4.14. The second kappa shape index (κ2) is 8.42. The van der Waals surface area contributed by atoms with Crippen LogP contribution in [0.1, 0.15) is 21.7 Å². The normalized spacial score (nSPS) is 11.4. The van der Waals surface area contributed by atoms with Gasteiger partial charge in [-0.2, -0.15) is 13.2 Å². The second-order valence-corrected chi connectivity index (χ2v) is 7.20. The van der Waals surface area contributed by atoms with Gasteiger partial charge in [0.1, 0.15) is 11.6 Å². The molecule has 1 amide bonds. The van der Waals surface area contributed by atoms with Gasteiger partial charge in [0.25, 0.3) is 11.5 Å². The number of carbonyl (C=O) groups is 1. The second-order valence-electron chi connectivity index (χ2n) is 7.20. The number of nitrogens with zero attached hydrogens (tertiary/aromatic N) is 2. The quantitative estimate of drug-likeness (QED) is 0.473. The molecule has 0 atom stereocenters. The van der Waals surface area contributed by atoms with Crippen molar-refractivity contribution in [3.8, 4) is 11.4 Å². The number of methoxy groups -OCH3 is 1. The van der Waals surface area contributed by atoms with Crippen molar-refractivity contribution in [1.29, 1.82) is 0 Å². The maximum atomic E-state index is 13.3. The number of rotatable bonds is 4. The Labute approximate surface area is 186 Å². The van der Waals surface area contributed by atoms with E-state index in [1.165, 1.54) is 35.9 Å². The number of amides is 1. The van der Waals surface area contributed by atoms with Crippen molar-refractivity contribution in [2.24, 2.45) is 0 Å². The van der Waals surface area contributed by atoms with Gasteiger partial charge in [0.05, 0.1) is 40.5 Å². The van der Waals surface area contributed by atoms with E-state index in [1.807, 2.05) is 0 Å². The molecule has 0 aliphatic heterocycles. The molecule has 0 radical (unpaired) electrons. The van der Waals surface area contributed by atoms with Crippen LogP contribution in [-0.4, -0.2) is 22.6 Å². The van der Waals surface area contributed by atoms with E-state index in [4.69, 9.17) is 4.74 Å². The first-order valence-electron chi connectivity index (χ1n) is 9.85. The van der Waals surface area contributed by atoms with Crippen molar-refractivity contribution in [1.82, 2.24) is 9.55 Å². The van der Waals surface area contributed by atoms with Gasteiger partial charge in [-0.15, -0.1) is 0 Å². The van der Waals surface area contributed by atoms with Gasteiger partial charge in [-0.3, -0.25) is 14.2 Å².